The van der Waals surface area contributed by atoms with Crippen LogP contribution in [0.2, 0.25) is 0 Å². The molecule has 25 heavy (non-hydrogen) atoms. The molecule has 0 bridgehead atoms. The Morgan fingerprint density at radius 3 is 2.20 bits per heavy atom. The van der Waals surface area contributed by atoms with Crippen LogP contribution >= 0.6 is 11.8 Å². The number of hydrogen-bond acceptors (Lipinski definition) is 6. The van der Waals surface area contributed by atoms with Crippen LogP contribution in [0, 0.1) is 0 Å². The Morgan fingerprint density at radius 2 is 1.76 bits per heavy atom. The summed E-state index contributed by atoms with van der Waals surface area (Å²) >= 11 is 1.51. The largest absolute Gasteiger partial charge is 0.497 e. The number of carbonyl (C=O) groups excluding carboxylic acids is 1. The van der Waals surface area contributed by atoms with E-state index in [9.17, 15) is 14.7 Å². The van der Waals surface area contributed by atoms with Gasteiger partial charge in [0.25, 0.3) is 0 Å². The Labute approximate surface area is 152 Å². The average molecular weight is 371 g/mol. The number of methoxy groups -OCH3 is 2. The summed E-state index contributed by atoms with van der Waals surface area (Å²) in [5.74, 6) is 0.657. The third-order valence-electron chi connectivity index (χ3n) is 3.60. The molecule has 0 heterocycles. The molecule has 0 radical (unpaired) electrons. The molecule has 1 atom stereocenters. The van der Waals surface area contributed by atoms with Gasteiger partial charge in [0.15, 0.2) is 0 Å². The van der Waals surface area contributed by atoms with Crippen molar-refractivity contribution in [1.82, 2.24) is 5.32 Å². The molecule has 8 heteroatoms. The summed E-state index contributed by atoms with van der Waals surface area (Å²) in [6.45, 7) is 3.41. The van der Waals surface area contributed by atoms with Gasteiger partial charge in [-0.3, -0.25) is 0 Å². The monoisotopic (exact) mass is 371 g/mol. The second-order valence-corrected chi connectivity index (χ2v) is 6.80. The number of carboxylic acids is 1. The first-order valence-electron chi connectivity index (χ1n) is 7.68. The first-order valence-corrected chi connectivity index (χ1v) is 9.07. The summed E-state index contributed by atoms with van der Waals surface area (Å²) in [6, 6.07) is 4.19. The van der Waals surface area contributed by atoms with Crippen molar-refractivity contribution in [1.29, 1.82) is 0 Å². The van der Waals surface area contributed by atoms with Crippen LogP contribution in [0.1, 0.15) is 25.8 Å². The first-order chi connectivity index (χ1) is 11.7. The minimum absolute atomic E-state index is 0.318. The number of thioether (sulfide) groups is 1. The standard InChI is InChI=1S/C17H25NO6S/c1-17(2,11-8-12(22-3)10-13(9-11)23-4)24-16(21)18-14(15(19)20)6-7-25-5/h8-10,14H,6-7H2,1-5H3,(H,18,21)(H,19,20)/t14-/m0/s1. The number of ether oxygens (including phenoxy) is 3. The number of carbonyl (C=O) groups is 2. The molecule has 0 spiro atoms. The van der Waals surface area contributed by atoms with Gasteiger partial charge in [-0.05, 0) is 44.4 Å². The Balaban J connectivity index is 2.88. The Bertz CT molecular complexity index is 583. The SMILES string of the molecule is COc1cc(OC)cc(C(C)(C)OC(=O)N[C@@H](CCSC)C(=O)O)c1. The molecule has 0 aliphatic carbocycles. The lowest BCUT2D eigenvalue weighted by Gasteiger charge is -2.27. The lowest BCUT2D eigenvalue weighted by Crippen LogP contribution is -2.43. The highest BCUT2D eigenvalue weighted by Crippen LogP contribution is 2.32. The maximum atomic E-state index is 12.2. The molecule has 0 aromatic heterocycles. The molecule has 7 nitrogen and oxygen atoms in total. The van der Waals surface area contributed by atoms with E-state index in [4.69, 9.17) is 14.2 Å². The Kier molecular flexibility index (Phi) is 7.89. The van der Waals surface area contributed by atoms with Crippen molar-refractivity contribution in [3.63, 3.8) is 0 Å². The van der Waals surface area contributed by atoms with E-state index >= 15 is 0 Å². The van der Waals surface area contributed by atoms with Crippen molar-refractivity contribution in [2.24, 2.45) is 0 Å². The molecule has 0 saturated carbocycles. The lowest BCUT2D eigenvalue weighted by molar-refractivity contribution is -0.139. The highest BCUT2D eigenvalue weighted by molar-refractivity contribution is 7.98. The summed E-state index contributed by atoms with van der Waals surface area (Å²) in [6.07, 6.45) is 1.40. The van der Waals surface area contributed by atoms with Crippen LogP contribution in [0.4, 0.5) is 4.79 Å². The summed E-state index contributed by atoms with van der Waals surface area (Å²) in [7, 11) is 3.06. The lowest BCUT2D eigenvalue weighted by atomic mass is 9.97. The molecule has 0 aliphatic heterocycles. The van der Waals surface area contributed by atoms with Crippen molar-refractivity contribution < 1.29 is 28.9 Å². The molecule has 0 unspecified atom stereocenters. The molecule has 140 valence electrons. The van der Waals surface area contributed by atoms with E-state index in [1.807, 2.05) is 6.26 Å². The summed E-state index contributed by atoms with van der Waals surface area (Å²) < 4.78 is 15.9. The number of aliphatic carboxylic acids is 1. The fourth-order valence-corrected chi connectivity index (χ4v) is 2.58. The maximum Gasteiger partial charge on any atom is 0.408 e. The molecule has 2 N–H and O–H groups in total. The summed E-state index contributed by atoms with van der Waals surface area (Å²) in [5.41, 5.74) is -0.344. The average Bonchev–Trinajstić information content (AvgIpc) is 2.57. The molecule has 1 rings (SSSR count). The van der Waals surface area contributed by atoms with E-state index in [-0.39, 0.29) is 0 Å². The van der Waals surface area contributed by atoms with Crippen molar-refractivity contribution in [3.05, 3.63) is 23.8 Å². The topological polar surface area (TPSA) is 94.1 Å². The number of carboxylic acid groups (broad SMARTS) is 1. The molecule has 1 amide bonds. The van der Waals surface area contributed by atoms with E-state index < -0.39 is 23.7 Å². The van der Waals surface area contributed by atoms with E-state index in [2.05, 4.69) is 5.32 Å². The van der Waals surface area contributed by atoms with Gasteiger partial charge in [0.05, 0.1) is 14.2 Å². The molecule has 1 aromatic carbocycles. The van der Waals surface area contributed by atoms with Crippen LogP contribution in [0.3, 0.4) is 0 Å². The second kappa shape index (κ2) is 9.41. The van der Waals surface area contributed by atoms with Gasteiger partial charge in [-0.15, -0.1) is 0 Å². The predicted molar refractivity (Wildman–Crippen MR) is 96.6 cm³/mol. The molecule has 0 aliphatic rings. The summed E-state index contributed by atoms with van der Waals surface area (Å²) in [4.78, 5) is 23.4. The zero-order chi connectivity index (χ0) is 19.0. The van der Waals surface area contributed by atoms with Gasteiger partial charge >= 0.3 is 12.1 Å². The van der Waals surface area contributed by atoms with Crippen LogP contribution in [0.15, 0.2) is 18.2 Å². The Hall–Kier alpha value is -2.09. The van der Waals surface area contributed by atoms with E-state index in [0.717, 1.165) is 0 Å². The summed E-state index contributed by atoms with van der Waals surface area (Å²) in [5, 5.41) is 11.6. The zero-order valence-electron chi connectivity index (χ0n) is 15.1. The van der Waals surface area contributed by atoms with Crippen LogP contribution < -0.4 is 14.8 Å². The Morgan fingerprint density at radius 1 is 1.20 bits per heavy atom. The number of hydrogen-bond donors (Lipinski definition) is 2. The van der Waals surface area contributed by atoms with Crippen LogP contribution in [-0.4, -0.2) is 49.4 Å². The van der Waals surface area contributed by atoms with Crippen molar-refractivity contribution in [3.8, 4) is 11.5 Å². The third kappa shape index (κ3) is 6.38. The maximum absolute atomic E-state index is 12.2. The highest BCUT2D eigenvalue weighted by Gasteiger charge is 2.29. The van der Waals surface area contributed by atoms with Crippen molar-refractivity contribution >= 4 is 23.8 Å². The van der Waals surface area contributed by atoms with Crippen LogP contribution in [0.25, 0.3) is 0 Å². The predicted octanol–water partition coefficient (Wildman–Crippen LogP) is 2.87. The smallest absolute Gasteiger partial charge is 0.408 e. The van der Waals surface area contributed by atoms with Crippen LogP contribution in [0.5, 0.6) is 11.5 Å². The van der Waals surface area contributed by atoms with E-state index in [1.54, 1.807) is 32.0 Å². The normalized spacial score (nSPS) is 12.2. The van der Waals surface area contributed by atoms with Gasteiger partial charge < -0.3 is 24.6 Å². The number of benzene rings is 1. The van der Waals surface area contributed by atoms with E-state index in [0.29, 0.717) is 29.2 Å². The molecular weight excluding hydrogens is 346 g/mol. The highest BCUT2D eigenvalue weighted by atomic mass is 32.2. The fourth-order valence-electron chi connectivity index (χ4n) is 2.11. The molecule has 0 saturated heterocycles. The molecule has 0 fully saturated rings. The van der Waals surface area contributed by atoms with Gasteiger partial charge in [0.2, 0.25) is 0 Å². The first kappa shape index (κ1) is 21.0. The van der Waals surface area contributed by atoms with Gasteiger partial charge in [0, 0.05) is 11.6 Å². The van der Waals surface area contributed by atoms with Gasteiger partial charge in [-0.25, -0.2) is 9.59 Å². The number of nitrogens with one attached hydrogen (secondary N) is 1. The van der Waals surface area contributed by atoms with Gasteiger partial charge in [-0.1, -0.05) is 0 Å². The van der Waals surface area contributed by atoms with E-state index in [1.165, 1.54) is 26.0 Å². The second-order valence-electron chi connectivity index (χ2n) is 5.82. The molecule has 1 aromatic rings. The third-order valence-corrected chi connectivity index (χ3v) is 4.24. The number of amides is 1. The van der Waals surface area contributed by atoms with Crippen molar-refractivity contribution in [2.45, 2.75) is 31.9 Å². The fraction of sp³-hybridized carbons (Fsp3) is 0.529. The van der Waals surface area contributed by atoms with Crippen LogP contribution in [-0.2, 0) is 15.1 Å². The van der Waals surface area contributed by atoms with Gasteiger partial charge in [-0.2, -0.15) is 11.8 Å². The number of alkyl carbamates (subject to hydrolysis) is 1. The van der Waals surface area contributed by atoms with Crippen molar-refractivity contribution in [2.75, 3.05) is 26.2 Å². The minimum Gasteiger partial charge on any atom is -0.497 e. The molecular formula is C17H25NO6S. The van der Waals surface area contributed by atoms with Gasteiger partial charge in [0.1, 0.15) is 23.1 Å². The quantitative estimate of drug-likeness (QED) is 0.689. The zero-order valence-corrected chi connectivity index (χ0v) is 15.9. The minimum atomic E-state index is -1.09. The number of rotatable bonds is 9.